The number of piperidine rings is 1. The number of nitrogens with one attached hydrogen (secondary N) is 1. The molecular weight excluding hydrogens is 310 g/mol. The van der Waals surface area contributed by atoms with E-state index in [0.29, 0.717) is 6.04 Å². The molecule has 128 valence electrons. The van der Waals surface area contributed by atoms with Gasteiger partial charge in [-0.1, -0.05) is 6.92 Å². The second kappa shape index (κ2) is 8.22. The first-order valence-corrected chi connectivity index (χ1v) is 9.71. The predicted molar refractivity (Wildman–Crippen MR) is 91.8 cm³/mol. The molecule has 2 saturated heterocycles. The zero-order chi connectivity index (χ0) is 16.1. The van der Waals surface area contributed by atoms with Crippen LogP contribution in [0.25, 0.3) is 0 Å². The van der Waals surface area contributed by atoms with Crippen LogP contribution in [0.1, 0.15) is 43.3 Å². The minimum absolute atomic E-state index is 0.169. The third kappa shape index (κ3) is 4.52. The van der Waals surface area contributed by atoms with E-state index in [1.54, 1.807) is 11.3 Å². The SMILES string of the molecule is CCc1csc(CCNC2CCN(C(=O)C3CCCO3)CC2)n1. The number of aromatic nitrogens is 1. The Labute approximate surface area is 142 Å². The standard InChI is InChI=1S/C17H27N3O2S/c1-2-13-12-23-16(19-13)5-8-18-14-6-9-20(10-7-14)17(21)15-4-3-11-22-15/h12,14-15,18H,2-11H2,1H3. The molecule has 1 atom stereocenters. The van der Waals surface area contributed by atoms with Crippen LogP contribution >= 0.6 is 11.3 Å². The molecule has 0 radical (unpaired) electrons. The molecule has 1 N–H and O–H groups in total. The van der Waals surface area contributed by atoms with E-state index in [4.69, 9.17) is 4.74 Å². The van der Waals surface area contributed by atoms with Crippen LogP contribution in [-0.2, 0) is 22.4 Å². The summed E-state index contributed by atoms with van der Waals surface area (Å²) in [7, 11) is 0. The molecule has 3 heterocycles. The van der Waals surface area contributed by atoms with Crippen molar-refractivity contribution in [2.45, 2.75) is 57.6 Å². The fourth-order valence-electron chi connectivity index (χ4n) is 3.29. The van der Waals surface area contributed by atoms with Crippen LogP contribution < -0.4 is 5.32 Å². The van der Waals surface area contributed by atoms with E-state index in [-0.39, 0.29) is 12.0 Å². The molecule has 1 unspecified atom stereocenters. The average Bonchev–Trinajstić information content (AvgIpc) is 3.26. The number of likely N-dealkylation sites (tertiary alicyclic amines) is 1. The van der Waals surface area contributed by atoms with Crippen molar-refractivity contribution in [2.75, 3.05) is 26.2 Å². The number of nitrogens with zero attached hydrogens (tertiary/aromatic N) is 2. The molecule has 2 aliphatic rings. The first-order valence-electron chi connectivity index (χ1n) is 8.83. The van der Waals surface area contributed by atoms with Crippen molar-refractivity contribution in [1.82, 2.24) is 15.2 Å². The molecule has 2 fully saturated rings. The van der Waals surface area contributed by atoms with Gasteiger partial charge in [-0.15, -0.1) is 11.3 Å². The van der Waals surface area contributed by atoms with E-state index in [9.17, 15) is 4.79 Å². The number of thiazole rings is 1. The Hall–Kier alpha value is -0.980. The molecule has 23 heavy (non-hydrogen) atoms. The molecule has 1 aromatic heterocycles. The molecule has 3 rings (SSSR count). The molecule has 6 heteroatoms. The number of hydrogen-bond acceptors (Lipinski definition) is 5. The molecule has 0 bridgehead atoms. The van der Waals surface area contributed by atoms with E-state index in [1.807, 2.05) is 4.90 Å². The molecule has 0 saturated carbocycles. The van der Waals surface area contributed by atoms with Crippen molar-refractivity contribution in [3.8, 4) is 0 Å². The molecular formula is C17H27N3O2S. The normalized spacial score (nSPS) is 22.7. The lowest BCUT2D eigenvalue weighted by atomic mass is 10.0. The van der Waals surface area contributed by atoms with E-state index >= 15 is 0 Å². The first kappa shape index (κ1) is 16.9. The number of aryl methyl sites for hydroxylation is 1. The Morgan fingerprint density at radius 1 is 1.43 bits per heavy atom. The maximum atomic E-state index is 12.3. The van der Waals surface area contributed by atoms with Crippen molar-refractivity contribution in [2.24, 2.45) is 0 Å². The summed E-state index contributed by atoms with van der Waals surface area (Å²) < 4.78 is 5.51. The van der Waals surface area contributed by atoms with Gasteiger partial charge < -0.3 is 15.0 Å². The summed E-state index contributed by atoms with van der Waals surface area (Å²) in [5, 5.41) is 7.00. The summed E-state index contributed by atoms with van der Waals surface area (Å²) in [6, 6.07) is 0.522. The molecule has 5 nitrogen and oxygen atoms in total. The third-order valence-corrected chi connectivity index (χ3v) is 5.70. The minimum atomic E-state index is -0.169. The van der Waals surface area contributed by atoms with Gasteiger partial charge in [-0.3, -0.25) is 4.79 Å². The lowest BCUT2D eigenvalue weighted by molar-refractivity contribution is -0.142. The van der Waals surface area contributed by atoms with Gasteiger partial charge in [0.05, 0.1) is 10.7 Å². The molecule has 2 aliphatic heterocycles. The quantitative estimate of drug-likeness (QED) is 0.863. The van der Waals surface area contributed by atoms with Crippen LogP contribution in [0.4, 0.5) is 0 Å². The highest BCUT2D eigenvalue weighted by molar-refractivity contribution is 7.09. The maximum Gasteiger partial charge on any atom is 0.251 e. The topological polar surface area (TPSA) is 54.5 Å². The monoisotopic (exact) mass is 337 g/mol. The third-order valence-electron chi connectivity index (χ3n) is 4.75. The summed E-state index contributed by atoms with van der Waals surface area (Å²) >= 11 is 1.76. The van der Waals surface area contributed by atoms with E-state index in [1.165, 1.54) is 10.7 Å². The van der Waals surface area contributed by atoms with Crippen LogP contribution in [0.5, 0.6) is 0 Å². The van der Waals surface area contributed by atoms with Gasteiger partial charge in [0.2, 0.25) is 0 Å². The summed E-state index contributed by atoms with van der Waals surface area (Å²) in [5.41, 5.74) is 1.20. The number of hydrogen-bond donors (Lipinski definition) is 1. The number of carbonyl (C=O) groups excluding carboxylic acids is 1. The fourth-order valence-corrected chi connectivity index (χ4v) is 4.17. The van der Waals surface area contributed by atoms with Crippen molar-refractivity contribution in [1.29, 1.82) is 0 Å². The summed E-state index contributed by atoms with van der Waals surface area (Å²) in [4.78, 5) is 18.9. The van der Waals surface area contributed by atoms with Gasteiger partial charge >= 0.3 is 0 Å². The molecule has 0 aliphatic carbocycles. The Morgan fingerprint density at radius 2 is 2.26 bits per heavy atom. The van der Waals surface area contributed by atoms with Crippen molar-refractivity contribution >= 4 is 17.2 Å². The highest BCUT2D eigenvalue weighted by Crippen LogP contribution is 2.18. The zero-order valence-electron chi connectivity index (χ0n) is 13.9. The zero-order valence-corrected chi connectivity index (χ0v) is 14.7. The van der Waals surface area contributed by atoms with Crippen LogP contribution in [0.3, 0.4) is 0 Å². The predicted octanol–water partition coefficient (Wildman–Crippen LogP) is 2.01. The van der Waals surface area contributed by atoms with E-state index in [2.05, 4.69) is 22.6 Å². The average molecular weight is 337 g/mol. The Morgan fingerprint density at radius 3 is 2.91 bits per heavy atom. The number of amides is 1. The van der Waals surface area contributed by atoms with Crippen LogP contribution in [0.2, 0.25) is 0 Å². The summed E-state index contributed by atoms with van der Waals surface area (Å²) in [6.45, 7) is 5.57. The minimum Gasteiger partial charge on any atom is -0.368 e. The van der Waals surface area contributed by atoms with Crippen molar-refractivity contribution < 1.29 is 9.53 Å². The number of rotatable bonds is 6. The summed E-state index contributed by atoms with van der Waals surface area (Å²) in [5.74, 6) is 0.204. The Balaban J connectivity index is 1.35. The first-order chi connectivity index (χ1) is 11.3. The highest BCUT2D eigenvalue weighted by Gasteiger charge is 2.30. The smallest absolute Gasteiger partial charge is 0.251 e. The molecule has 1 aromatic rings. The van der Waals surface area contributed by atoms with Crippen LogP contribution in [0.15, 0.2) is 5.38 Å². The Kier molecular flexibility index (Phi) is 6.02. The van der Waals surface area contributed by atoms with Gasteiger partial charge in [0.1, 0.15) is 6.10 Å². The van der Waals surface area contributed by atoms with Gasteiger partial charge in [-0.25, -0.2) is 4.98 Å². The van der Waals surface area contributed by atoms with Crippen LogP contribution in [-0.4, -0.2) is 54.2 Å². The van der Waals surface area contributed by atoms with E-state index < -0.39 is 0 Å². The summed E-state index contributed by atoms with van der Waals surface area (Å²) in [6.07, 6.45) is 5.83. The molecule has 1 amide bonds. The molecule has 0 spiro atoms. The largest absolute Gasteiger partial charge is 0.368 e. The van der Waals surface area contributed by atoms with Crippen molar-refractivity contribution in [3.05, 3.63) is 16.1 Å². The number of carbonyl (C=O) groups is 1. The Bertz CT molecular complexity index is 506. The van der Waals surface area contributed by atoms with Gasteiger partial charge in [-0.2, -0.15) is 0 Å². The second-order valence-corrected chi connectivity index (χ2v) is 7.33. The van der Waals surface area contributed by atoms with Gasteiger partial charge in [0, 0.05) is 44.1 Å². The maximum absolute atomic E-state index is 12.3. The van der Waals surface area contributed by atoms with Gasteiger partial charge in [0.25, 0.3) is 5.91 Å². The van der Waals surface area contributed by atoms with Crippen LogP contribution in [0, 0.1) is 0 Å². The lowest BCUT2D eigenvalue weighted by Crippen LogP contribution is -2.48. The fraction of sp³-hybridized carbons (Fsp3) is 0.765. The number of ether oxygens (including phenoxy) is 1. The van der Waals surface area contributed by atoms with Crippen molar-refractivity contribution in [3.63, 3.8) is 0 Å². The van der Waals surface area contributed by atoms with Gasteiger partial charge in [-0.05, 0) is 32.1 Å². The highest BCUT2D eigenvalue weighted by atomic mass is 32.1. The molecule has 0 aromatic carbocycles. The van der Waals surface area contributed by atoms with Gasteiger partial charge in [0.15, 0.2) is 0 Å². The lowest BCUT2D eigenvalue weighted by Gasteiger charge is -2.33. The van der Waals surface area contributed by atoms with E-state index in [0.717, 1.165) is 64.8 Å². The second-order valence-electron chi connectivity index (χ2n) is 6.39.